The Bertz CT molecular complexity index is 1200. The van der Waals surface area contributed by atoms with E-state index in [1.54, 1.807) is 60.8 Å². The summed E-state index contributed by atoms with van der Waals surface area (Å²) >= 11 is 1.29. The van der Waals surface area contributed by atoms with E-state index in [2.05, 4.69) is 4.72 Å². The van der Waals surface area contributed by atoms with Crippen LogP contribution in [-0.4, -0.2) is 23.4 Å². The zero-order chi connectivity index (χ0) is 21.2. The van der Waals surface area contributed by atoms with E-state index in [4.69, 9.17) is 0 Å². The first-order valence-electron chi connectivity index (χ1n) is 9.02. The molecule has 0 fully saturated rings. The van der Waals surface area contributed by atoms with Crippen LogP contribution in [0.15, 0.2) is 69.8 Å². The van der Waals surface area contributed by atoms with Gasteiger partial charge < -0.3 is 0 Å². The van der Waals surface area contributed by atoms with Crippen molar-refractivity contribution >= 4 is 31.2 Å². The lowest BCUT2D eigenvalue weighted by Gasteiger charge is -2.18. The van der Waals surface area contributed by atoms with E-state index >= 15 is 0 Å². The number of sulfone groups is 1. The monoisotopic (exact) mass is 449 g/mol. The van der Waals surface area contributed by atoms with Gasteiger partial charge in [-0.05, 0) is 61.5 Å². The maximum absolute atomic E-state index is 13.3. The van der Waals surface area contributed by atoms with Gasteiger partial charge in [0.05, 0.1) is 9.79 Å². The lowest BCUT2D eigenvalue weighted by atomic mass is 10.2. The molecular weight excluding hydrogens is 426 g/mol. The molecule has 1 aromatic heterocycles. The lowest BCUT2D eigenvalue weighted by Crippen LogP contribution is -2.32. The predicted octanol–water partition coefficient (Wildman–Crippen LogP) is 4.17. The standard InChI is InChI=1S/C21H23NO4S3/c1-15-7-10-18(11-8-15)28(23,24)21(19-5-4-12-27-19)14-22-29(25,26)20-13-16(2)6-9-17(20)3/h4-13,21-22H,14H2,1-3H3. The molecule has 5 nitrogen and oxygen atoms in total. The molecule has 0 bridgehead atoms. The summed E-state index contributed by atoms with van der Waals surface area (Å²) in [6.45, 7) is 5.17. The smallest absolute Gasteiger partial charge is 0.223 e. The molecule has 8 heteroatoms. The fourth-order valence-electron chi connectivity index (χ4n) is 2.99. The second kappa shape index (κ2) is 8.39. The van der Waals surface area contributed by atoms with E-state index in [1.807, 2.05) is 19.9 Å². The summed E-state index contributed by atoms with van der Waals surface area (Å²) in [5, 5.41) is 0.775. The van der Waals surface area contributed by atoms with Gasteiger partial charge in [0.15, 0.2) is 9.84 Å². The Morgan fingerprint density at radius 2 is 1.55 bits per heavy atom. The highest BCUT2D eigenvalue weighted by Crippen LogP contribution is 2.32. The molecule has 0 aliphatic rings. The molecule has 2 aromatic carbocycles. The first kappa shape index (κ1) is 21.7. The topological polar surface area (TPSA) is 80.3 Å². The highest BCUT2D eigenvalue weighted by atomic mass is 32.2. The summed E-state index contributed by atoms with van der Waals surface area (Å²) in [6.07, 6.45) is 0. The second-order valence-corrected chi connectivity index (χ2v) is 11.8. The highest BCUT2D eigenvalue weighted by molar-refractivity contribution is 7.92. The van der Waals surface area contributed by atoms with Crippen LogP contribution >= 0.6 is 11.3 Å². The first-order valence-corrected chi connectivity index (χ1v) is 12.9. The van der Waals surface area contributed by atoms with E-state index in [9.17, 15) is 16.8 Å². The molecule has 0 aliphatic carbocycles. The molecule has 3 rings (SSSR count). The number of hydrogen-bond acceptors (Lipinski definition) is 5. The molecule has 0 radical (unpaired) electrons. The number of aryl methyl sites for hydroxylation is 3. The Morgan fingerprint density at radius 3 is 2.17 bits per heavy atom. The van der Waals surface area contributed by atoms with Gasteiger partial charge in [-0.3, -0.25) is 0 Å². The summed E-state index contributed by atoms with van der Waals surface area (Å²) in [6, 6.07) is 15.2. The van der Waals surface area contributed by atoms with Gasteiger partial charge in [0.1, 0.15) is 5.25 Å². The maximum Gasteiger partial charge on any atom is 0.240 e. The summed E-state index contributed by atoms with van der Waals surface area (Å²) in [7, 11) is -7.64. The number of rotatable bonds is 7. The minimum atomic E-state index is -3.86. The Hall–Kier alpha value is -2.00. The molecule has 0 spiro atoms. The maximum atomic E-state index is 13.3. The van der Waals surface area contributed by atoms with Crippen molar-refractivity contribution in [3.8, 4) is 0 Å². The van der Waals surface area contributed by atoms with Crippen molar-refractivity contribution in [1.29, 1.82) is 0 Å². The molecule has 3 aromatic rings. The van der Waals surface area contributed by atoms with Crippen molar-refractivity contribution in [3.63, 3.8) is 0 Å². The second-order valence-electron chi connectivity index (χ2n) is 6.98. The van der Waals surface area contributed by atoms with Crippen molar-refractivity contribution in [1.82, 2.24) is 4.72 Å². The molecular formula is C21H23NO4S3. The van der Waals surface area contributed by atoms with Crippen LogP contribution in [0.25, 0.3) is 0 Å². The number of sulfonamides is 1. The minimum absolute atomic E-state index is 0.162. The molecule has 29 heavy (non-hydrogen) atoms. The molecule has 1 unspecified atom stereocenters. The van der Waals surface area contributed by atoms with Crippen molar-refractivity contribution < 1.29 is 16.8 Å². The normalized spacial score (nSPS) is 13.3. The van der Waals surface area contributed by atoms with Gasteiger partial charge in [-0.2, -0.15) is 0 Å². The zero-order valence-corrected chi connectivity index (χ0v) is 18.9. The number of thiophene rings is 1. The Kier molecular flexibility index (Phi) is 6.28. The molecule has 0 amide bonds. The number of nitrogens with one attached hydrogen (secondary N) is 1. The average molecular weight is 450 g/mol. The van der Waals surface area contributed by atoms with Crippen LogP contribution in [0.4, 0.5) is 0 Å². The van der Waals surface area contributed by atoms with Crippen LogP contribution in [0.2, 0.25) is 0 Å². The van der Waals surface area contributed by atoms with Crippen molar-refractivity contribution in [2.24, 2.45) is 0 Å². The van der Waals surface area contributed by atoms with Crippen LogP contribution < -0.4 is 4.72 Å². The molecule has 0 saturated carbocycles. The first-order chi connectivity index (χ1) is 13.6. The van der Waals surface area contributed by atoms with Crippen LogP contribution in [-0.2, 0) is 19.9 Å². The van der Waals surface area contributed by atoms with Gasteiger partial charge in [0.25, 0.3) is 0 Å². The van der Waals surface area contributed by atoms with E-state index in [-0.39, 0.29) is 16.3 Å². The van der Waals surface area contributed by atoms with Crippen LogP contribution in [0, 0.1) is 20.8 Å². The van der Waals surface area contributed by atoms with Crippen LogP contribution in [0.1, 0.15) is 26.8 Å². The van der Waals surface area contributed by atoms with Gasteiger partial charge in [0, 0.05) is 11.4 Å². The average Bonchev–Trinajstić information content (AvgIpc) is 3.18. The van der Waals surface area contributed by atoms with E-state index in [1.165, 1.54) is 11.3 Å². The third kappa shape index (κ3) is 4.78. The molecule has 1 heterocycles. The van der Waals surface area contributed by atoms with Gasteiger partial charge in [0.2, 0.25) is 10.0 Å². The van der Waals surface area contributed by atoms with Crippen molar-refractivity contribution in [2.45, 2.75) is 35.8 Å². The molecule has 0 saturated heterocycles. The quantitative estimate of drug-likeness (QED) is 0.587. The van der Waals surface area contributed by atoms with Gasteiger partial charge in [-0.1, -0.05) is 35.9 Å². The number of hydrogen-bond donors (Lipinski definition) is 1. The number of benzene rings is 2. The largest absolute Gasteiger partial charge is 0.240 e. The SMILES string of the molecule is Cc1ccc(S(=O)(=O)C(CNS(=O)(=O)c2cc(C)ccc2C)c2cccs2)cc1. The van der Waals surface area contributed by atoms with Crippen LogP contribution in [0.3, 0.4) is 0 Å². The van der Waals surface area contributed by atoms with E-state index in [0.717, 1.165) is 11.1 Å². The fraction of sp³-hybridized carbons (Fsp3) is 0.238. The van der Waals surface area contributed by atoms with Crippen molar-refractivity contribution in [2.75, 3.05) is 6.54 Å². The van der Waals surface area contributed by atoms with Crippen LogP contribution in [0.5, 0.6) is 0 Å². The Balaban J connectivity index is 1.95. The van der Waals surface area contributed by atoms with Crippen molar-refractivity contribution in [3.05, 3.63) is 81.5 Å². The van der Waals surface area contributed by atoms with Gasteiger partial charge >= 0.3 is 0 Å². The Labute approximate surface area is 176 Å². The minimum Gasteiger partial charge on any atom is -0.223 e. The van der Waals surface area contributed by atoms with E-state index < -0.39 is 25.1 Å². The van der Waals surface area contributed by atoms with Gasteiger partial charge in [-0.15, -0.1) is 11.3 Å². The summed E-state index contributed by atoms with van der Waals surface area (Å²) < 4.78 is 54.9. The third-order valence-electron chi connectivity index (χ3n) is 4.68. The summed E-state index contributed by atoms with van der Waals surface area (Å²) in [4.78, 5) is 0.928. The lowest BCUT2D eigenvalue weighted by molar-refractivity contribution is 0.569. The summed E-state index contributed by atoms with van der Waals surface area (Å²) in [5.74, 6) is 0. The summed E-state index contributed by atoms with van der Waals surface area (Å²) in [5.41, 5.74) is 2.38. The zero-order valence-electron chi connectivity index (χ0n) is 16.4. The van der Waals surface area contributed by atoms with Gasteiger partial charge in [-0.25, -0.2) is 21.6 Å². The predicted molar refractivity (Wildman–Crippen MR) is 117 cm³/mol. The fourth-order valence-corrected chi connectivity index (χ4v) is 7.25. The Morgan fingerprint density at radius 1 is 0.897 bits per heavy atom. The molecule has 154 valence electrons. The molecule has 1 N–H and O–H groups in total. The highest BCUT2D eigenvalue weighted by Gasteiger charge is 2.31. The molecule has 0 aliphatic heterocycles. The van der Waals surface area contributed by atoms with E-state index in [0.29, 0.717) is 10.4 Å². The third-order valence-corrected chi connectivity index (χ3v) is 9.48. The molecule has 1 atom stereocenters.